The number of halogens is 1. The Morgan fingerprint density at radius 3 is 2.71 bits per heavy atom. The zero-order valence-electron chi connectivity index (χ0n) is 9.81. The lowest BCUT2D eigenvalue weighted by Crippen LogP contribution is -2.02. The molecule has 0 N–H and O–H groups in total. The Morgan fingerprint density at radius 2 is 2.12 bits per heavy atom. The molecular weight excluding hydrogens is 237 g/mol. The number of benzene rings is 1. The molecule has 2 nitrogen and oxygen atoms in total. The van der Waals surface area contributed by atoms with Gasteiger partial charge in [0, 0.05) is 24.7 Å². The Balaban J connectivity index is 2.28. The van der Waals surface area contributed by atoms with E-state index in [2.05, 4.69) is 0 Å². The zero-order chi connectivity index (χ0) is 12.4. The lowest BCUT2D eigenvalue weighted by Gasteiger charge is -2.07. The van der Waals surface area contributed by atoms with Crippen LogP contribution in [0.5, 0.6) is 0 Å². The van der Waals surface area contributed by atoms with Crippen LogP contribution in [0.15, 0.2) is 41.4 Å². The van der Waals surface area contributed by atoms with Gasteiger partial charge in [0.05, 0.1) is 15.7 Å². The van der Waals surface area contributed by atoms with E-state index in [1.807, 2.05) is 29.8 Å². The SMILES string of the molecule is Cc1c(S(C)=O)ccn1Cc1cccc(F)c1. The molecule has 4 heteroatoms. The van der Waals surface area contributed by atoms with Gasteiger partial charge in [0.25, 0.3) is 0 Å². The van der Waals surface area contributed by atoms with Gasteiger partial charge in [-0.05, 0) is 30.7 Å². The lowest BCUT2D eigenvalue weighted by atomic mass is 10.2. The molecule has 0 saturated carbocycles. The van der Waals surface area contributed by atoms with Gasteiger partial charge in [0.2, 0.25) is 0 Å². The molecule has 1 heterocycles. The molecule has 1 atom stereocenters. The number of aromatic nitrogens is 1. The third-order valence-electron chi connectivity index (χ3n) is 2.74. The highest BCUT2D eigenvalue weighted by Gasteiger charge is 2.08. The molecule has 0 bridgehead atoms. The number of hydrogen-bond acceptors (Lipinski definition) is 1. The number of hydrogen-bond donors (Lipinski definition) is 0. The van der Waals surface area contributed by atoms with Gasteiger partial charge >= 0.3 is 0 Å². The topological polar surface area (TPSA) is 22.0 Å². The minimum atomic E-state index is -0.977. The quantitative estimate of drug-likeness (QED) is 0.822. The summed E-state index contributed by atoms with van der Waals surface area (Å²) >= 11 is 0. The molecule has 90 valence electrons. The molecule has 0 spiro atoms. The highest BCUT2D eigenvalue weighted by Crippen LogP contribution is 2.15. The summed E-state index contributed by atoms with van der Waals surface area (Å²) in [7, 11) is -0.977. The summed E-state index contributed by atoms with van der Waals surface area (Å²) in [4.78, 5) is 0.835. The van der Waals surface area contributed by atoms with Gasteiger partial charge in [-0.3, -0.25) is 4.21 Å². The van der Waals surface area contributed by atoms with Crippen molar-refractivity contribution in [1.82, 2.24) is 4.57 Å². The molecule has 0 radical (unpaired) electrons. The molecule has 2 aromatic rings. The first-order chi connectivity index (χ1) is 8.08. The van der Waals surface area contributed by atoms with Crippen LogP contribution < -0.4 is 0 Å². The van der Waals surface area contributed by atoms with E-state index >= 15 is 0 Å². The van der Waals surface area contributed by atoms with E-state index < -0.39 is 10.8 Å². The van der Waals surface area contributed by atoms with Gasteiger partial charge in [-0.15, -0.1) is 0 Å². The minimum Gasteiger partial charge on any atom is -0.346 e. The van der Waals surface area contributed by atoms with Crippen molar-refractivity contribution in [1.29, 1.82) is 0 Å². The van der Waals surface area contributed by atoms with Crippen molar-refractivity contribution in [3.8, 4) is 0 Å². The fraction of sp³-hybridized carbons (Fsp3) is 0.231. The fourth-order valence-electron chi connectivity index (χ4n) is 1.84. The normalized spacial score (nSPS) is 12.6. The Hall–Kier alpha value is -1.42. The molecule has 1 unspecified atom stereocenters. The van der Waals surface area contributed by atoms with E-state index in [9.17, 15) is 8.60 Å². The molecule has 1 aromatic carbocycles. The summed E-state index contributed by atoms with van der Waals surface area (Å²) in [6.07, 6.45) is 3.55. The largest absolute Gasteiger partial charge is 0.346 e. The predicted molar refractivity (Wildman–Crippen MR) is 67.0 cm³/mol. The Bertz CT molecular complexity index is 562. The van der Waals surface area contributed by atoms with Crippen LogP contribution in [-0.4, -0.2) is 15.0 Å². The second-order valence-electron chi connectivity index (χ2n) is 3.98. The van der Waals surface area contributed by atoms with E-state index in [-0.39, 0.29) is 5.82 Å². The van der Waals surface area contributed by atoms with Gasteiger partial charge in [-0.2, -0.15) is 0 Å². The maximum absolute atomic E-state index is 13.0. The van der Waals surface area contributed by atoms with Crippen molar-refractivity contribution in [3.63, 3.8) is 0 Å². The Morgan fingerprint density at radius 1 is 1.35 bits per heavy atom. The van der Waals surface area contributed by atoms with Crippen molar-refractivity contribution in [3.05, 3.63) is 53.6 Å². The van der Waals surface area contributed by atoms with E-state index in [1.165, 1.54) is 12.1 Å². The van der Waals surface area contributed by atoms with Crippen molar-refractivity contribution in [2.24, 2.45) is 0 Å². The summed E-state index contributed by atoms with van der Waals surface area (Å²) in [6.45, 7) is 2.52. The monoisotopic (exact) mass is 251 g/mol. The second-order valence-corrected chi connectivity index (χ2v) is 5.33. The van der Waals surface area contributed by atoms with Crippen LogP contribution in [0.4, 0.5) is 4.39 Å². The zero-order valence-corrected chi connectivity index (χ0v) is 10.6. The summed E-state index contributed by atoms with van der Waals surface area (Å²) < 4.78 is 26.4. The molecule has 17 heavy (non-hydrogen) atoms. The summed E-state index contributed by atoms with van der Waals surface area (Å²) in [5, 5.41) is 0. The summed E-state index contributed by atoms with van der Waals surface area (Å²) in [5.41, 5.74) is 1.87. The minimum absolute atomic E-state index is 0.230. The molecule has 0 amide bonds. The standard InChI is InChI=1S/C13H14FNOS/c1-10-13(17(2)16)6-7-15(10)9-11-4-3-5-12(14)8-11/h3-8H,9H2,1-2H3. The van der Waals surface area contributed by atoms with Crippen LogP contribution in [-0.2, 0) is 17.3 Å². The van der Waals surface area contributed by atoms with E-state index in [0.29, 0.717) is 6.54 Å². The average Bonchev–Trinajstić information content (AvgIpc) is 2.61. The van der Waals surface area contributed by atoms with Crippen molar-refractivity contribution < 1.29 is 8.60 Å². The van der Waals surface area contributed by atoms with Gasteiger partial charge in [0.15, 0.2) is 0 Å². The van der Waals surface area contributed by atoms with Crippen LogP contribution in [0.2, 0.25) is 0 Å². The van der Waals surface area contributed by atoms with Gasteiger partial charge < -0.3 is 4.57 Å². The van der Waals surface area contributed by atoms with Gasteiger partial charge in [0.1, 0.15) is 5.82 Å². The number of rotatable bonds is 3. The molecule has 0 fully saturated rings. The van der Waals surface area contributed by atoms with Crippen LogP contribution in [0.25, 0.3) is 0 Å². The number of nitrogens with zero attached hydrogens (tertiary/aromatic N) is 1. The van der Waals surface area contributed by atoms with Crippen LogP contribution in [0.1, 0.15) is 11.3 Å². The molecule has 2 rings (SSSR count). The maximum Gasteiger partial charge on any atom is 0.123 e. The molecule has 1 aromatic heterocycles. The van der Waals surface area contributed by atoms with E-state index in [4.69, 9.17) is 0 Å². The smallest absolute Gasteiger partial charge is 0.123 e. The molecular formula is C13H14FNOS. The van der Waals surface area contributed by atoms with E-state index in [0.717, 1.165) is 16.2 Å². The Labute approximate surface area is 103 Å². The third-order valence-corrected chi connectivity index (χ3v) is 3.80. The molecule has 0 aliphatic carbocycles. The first kappa shape index (κ1) is 12.0. The summed E-state index contributed by atoms with van der Waals surface area (Å²) in [6, 6.07) is 8.37. The summed E-state index contributed by atoms with van der Waals surface area (Å²) in [5.74, 6) is -0.230. The van der Waals surface area contributed by atoms with Crippen molar-refractivity contribution in [2.45, 2.75) is 18.4 Å². The predicted octanol–water partition coefficient (Wildman–Crippen LogP) is 2.72. The van der Waals surface area contributed by atoms with Gasteiger partial charge in [-0.25, -0.2) is 4.39 Å². The van der Waals surface area contributed by atoms with Crippen LogP contribution >= 0.6 is 0 Å². The van der Waals surface area contributed by atoms with Crippen LogP contribution in [0.3, 0.4) is 0 Å². The first-order valence-corrected chi connectivity index (χ1v) is 6.87. The highest BCUT2D eigenvalue weighted by molar-refractivity contribution is 7.84. The second kappa shape index (κ2) is 4.84. The molecule has 0 saturated heterocycles. The molecule has 0 aliphatic rings. The Kier molecular flexibility index (Phi) is 3.43. The average molecular weight is 251 g/mol. The first-order valence-electron chi connectivity index (χ1n) is 5.31. The van der Waals surface area contributed by atoms with Crippen molar-refractivity contribution in [2.75, 3.05) is 6.26 Å². The molecule has 0 aliphatic heterocycles. The van der Waals surface area contributed by atoms with Crippen molar-refractivity contribution >= 4 is 10.8 Å². The van der Waals surface area contributed by atoms with E-state index in [1.54, 1.807) is 12.3 Å². The maximum atomic E-state index is 13.0. The van der Waals surface area contributed by atoms with Gasteiger partial charge in [-0.1, -0.05) is 12.1 Å². The third kappa shape index (κ3) is 2.64. The fourth-order valence-corrected chi connectivity index (χ4v) is 2.62. The highest BCUT2D eigenvalue weighted by atomic mass is 32.2. The lowest BCUT2D eigenvalue weighted by molar-refractivity contribution is 0.623. The van der Waals surface area contributed by atoms with Crippen LogP contribution in [0, 0.1) is 12.7 Å².